The van der Waals surface area contributed by atoms with Crippen LogP contribution < -0.4 is 10.2 Å². The molecule has 0 unspecified atom stereocenters. The highest BCUT2D eigenvalue weighted by Gasteiger charge is 2.18. The fourth-order valence-electron chi connectivity index (χ4n) is 2.95. The molecule has 2 aromatic rings. The van der Waals surface area contributed by atoms with Crippen molar-refractivity contribution in [2.24, 2.45) is 0 Å². The van der Waals surface area contributed by atoms with E-state index in [-0.39, 0.29) is 5.91 Å². The van der Waals surface area contributed by atoms with Gasteiger partial charge in [0.05, 0.1) is 0 Å². The molecule has 24 heavy (non-hydrogen) atoms. The highest BCUT2D eigenvalue weighted by molar-refractivity contribution is 6.30. The molecule has 2 aromatic carbocycles. The molecular formula is C20H21ClN2O. The summed E-state index contributed by atoms with van der Waals surface area (Å²) in [4.78, 5) is 14.2. The summed E-state index contributed by atoms with van der Waals surface area (Å²) in [5.41, 5.74) is 3.62. The van der Waals surface area contributed by atoms with Crippen molar-refractivity contribution in [3.63, 3.8) is 0 Å². The maximum absolute atomic E-state index is 11.8. The molecule has 0 fully saturated rings. The Balaban J connectivity index is 1.40. The van der Waals surface area contributed by atoms with Gasteiger partial charge >= 0.3 is 0 Å². The summed E-state index contributed by atoms with van der Waals surface area (Å²) >= 11 is 6.03. The molecule has 0 saturated heterocycles. The van der Waals surface area contributed by atoms with Crippen LogP contribution in [0.15, 0.2) is 54.6 Å². The number of amides is 1. The predicted octanol–water partition coefficient (Wildman–Crippen LogP) is 3.92. The highest BCUT2D eigenvalue weighted by Crippen LogP contribution is 2.30. The Bertz CT molecular complexity index is 728. The Morgan fingerprint density at radius 1 is 1.21 bits per heavy atom. The van der Waals surface area contributed by atoms with Crippen LogP contribution in [-0.4, -0.2) is 25.5 Å². The third kappa shape index (κ3) is 4.39. The number of hydrogen-bond donors (Lipinski definition) is 1. The zero-order valence-corrected chi connectivity index (χ0v) is 14.3. The SMILES string of the molecule is O=C(/C=C/c1ccccc1)NCCCN1CCc2cc(Cl)ccc21. The molecule has 1 aliphatic heterocycles. The molecule has 1 aliphatic rings. The van der Waals surface area contributed by atoms with Gasteiger partial charge in [0.15, 0.2) is 0 Å². The van der Waals surface area contributed by atoms with Gasteiger partial charge in [-0.1, -0.05) is 41.9 Å². The van der Waals surface area contributed by atoms with Gasteiger partial charge in [-0.15, -0.1) is 0 Å². The quantitative estimate of drug-likeness (QED) is 0.638. The molecule has 0 bridgehead atoms. The molecule has 0 aliphatic carbocycles. The van der Waals surface area contributed by atoms with Crippen molar-refractivity contribution in [2.75, 3.05) is 24.5 Å². The van der Waals surface area contributed by atoms with Crippen LogP contribution in [0, 0.1) is 0 Å². The number of anilines is 1. The summed E-state index contributed by atoms with van der Waals surface area (Å²) in [5, 5.41) is 3.74. The number of hydrogen-bond acceptors (Lipinski definition) is 2. The van der Waals surface area contributed by atoms with Gasteiger partial charge in [-0.05, 0) is 48.2 Å². The standard InChI is InChI=1S/C20H21ClN2O/c21-18-8-9-19-17(15-18)11-14-23(19)13-4-12-22-20(24)10-7-16-5-2-1-3-6-16/h1-3,5-10,15H,4,11-14H2,(H,22,24)/b10-7+. The van der Waals surface area contributed by atoms with Crippen LogP contribution in [0.2, 0.25) is 5.02 Å². The summed E-state index contributed by atoms with van der Waals surface area (Å²) in [6.07, 6.45) is 5.38. The number of nitrogens with one attached hydrogen (secondary N) is 1. The lowest BCUT2D eigenvalue weighted by Gasteiger charge is -2.19. The average molecular weight is 341 g/mol. The first-order valence-electron chi connectivity index (χ1n) is 8.27. The number of carbonyl (C=O) groups excluding carboxylic acids is 1. The van der Waals surface area contributed by atoms with Gasteiger partial charge < -0.3 is 10.2 Å². The molecule has 1 heterocycles. The molecule has 124 valence electrons. The lowest BCUT2D eigenvalue weighted by molar-refractivity contribution is -0.116. The molecule has 0 saturated carbocycles. The van der Waals surface area contributed by atoms with Gasteiger partial charge in [0.2, 0.25) is 5.91 Å². The lowest BCUT2D eigenvalue weighted by atomic mass is 10.2. The van der Waals surface area contributed by atoms with Gasteiger partial charge in [0.1, 0.15) is 0 Å². The molecule has 0 radical (unpaired) electrons. The van der Waals surface area contributed by atoms with Gasteiger partial charge in [-0.25, -0.2) is 0 Å². The van der Waals surface area contributed by atoms with E-state index in [2.05, 4.69) is 16.3 Å². The second-order valence-electron chi connectivity index (χ2n) is 5.90. The maximum atomic E-state index is 11.8. The molecular weight excluding hydrogens is 320 g/mol. The second-order valence-corrected chi connectivity index (χ2v) is 6.34. The van der Waals surface area contributed by atoms with Crippen LogP contribution in [-0.2, 0) is 11.2 Å². The summed E-state index contributed by atoms with van der Waals surface area (Å²) in [6, 6.07) is 15.9. The van der Waals surface area contributed by atoms with E-state index in [0.29, 0.717) is 6.54 Å². The lowest BCUT2D eigenvalue weighted by Crippen LogP contribution is -2.28. The minimum Gasteiger partial charge on any atom is -0.371 e. The number of halogens is 1. The van der Waals surface area contributed by atoms with Crippen molar-refractivity contribution in [1.82, 2.24) is 5.32 Å². The number of carbonyl (C=O) groups is 1. The molecule has 4 heteroatoms. The zero-order valence-electron chi connectivity index (χ0n) is 13.5. The van der Waals surface area contributed by atoms with Crippen LogP contribution in [0.3, 0.4) is 0 Å². The van der Waals surface area contributed by atoms with Crippen molar-refractivity contribution >= 4 is 29.3 Å². The maximum Gasteiger partial charge on any atom is 0.244 e. The normalized spacial score (nSPS) is 13.3. The Labute approximate surface area is 147 Å². The summed E-state index contributed by atoms with van der Waals surface area (Å²) < 4.78 is 0. The number of rotatable bonds is 6. The first-order valence-corrected chi connectivity index (χ1v) is 8.64. The van der Waals surface area contributed by atoms with Crippen LogP contribution >= 0.6 is 11.6 Å². The van der Waals surface area contributed by atoms with E-state index in [1.807, 2.05) is 48.5 Å². The van der Waals surface area contributed by atoms with E-state index in [9.17, 15) is 4.79 Å². The fourth-order valence-corrected chi connectivity index (χ4v) is 3.14. The third-order valence-electron chi connectivity index (χ3n) is 4.16. The molecule has 3 rings (SSSR count). The van der Waals surface area contributed by atoms with Crippen LogP contribution in [0.4, 0.5) is 5.69 Å². The van der Waals surface area contributed by atoms with E-state index in [1.165, 1.54) is 11.3 Å². The first-order chi connectivity index (χ1) is 11.7. The Morgan fingerprint density at radius 3 is 2.88 bits per heavy atom. The minimum atomic E-state index is -0.0487. The van der Waals surface area contributed by atoms with Gasteiger partial charge in [0.25, 0.3) is 0 Å². The number of fused-ring (bicyclic) bond motifs is 1. The summed E-state index contributed by atoms with van der Waals surface area (Å²) in [7, 11) is 0. The highest BCUT2D eigenvalue weighted by atomic mass is 35.5. The second kappa shape index (κ2) is 8.02. The largest absolute Gasteiger partial charge is 0.371 e. The molecule has 1 amide bonds. The monoisotopic (exact) mass is 340 g/mol. The van der Waals surface area contributed by atoms with Gasteiger partial charge in [0, 0.05) is 36.4 Å². The van der Waals surface area contributed by atoms with E-state index in [0.717, 1.165) is 36.5 Å². The Kier molecular flexibility index (Phi) is 5.55. The number of nitrogens with zero attached hydrogens (tertiary/aromatic N) is 1. The summed E-state index contributed by atoms with van der Waals surface area (Å²) in [5.74, 6) is -0.0487. The van der Waals surface area contributed by atoms with Crippen molar-refractivity contribution in [3.05, 3.63) is 70.8 Å². The van der Waals surface area contributed by atoms with Crippen molar-refractivity contribution in [1.29, 1.82) is 0 Å². The van der Waals surface area contributed by atoms with E-state index < -0.39 is 0 Å². The molecule has 0 atom stereocenters. The molecule has 3 nitrogen and oxygen atoms in total. The Hall–Kier alpha value is -2.26. The molecule has 1 N–H and O–H groups in total. The van der Waals surface area contributed by atoms with Crippen molar-refractivity contribution < 1.29 is 4.79 Å². The fraction of sp³-hybridized carbons (Fsp3) is 0.250. The van der Waals surface area contributed by atoms with E-state index in [1.54, 1.807) is 6.08 Å². The van der Waals surface area contributed by atoms with Crippen molar-refractivity contribution in [3.8, 4) is 0 Å². The third-order valence-corrected chi connectivity index (χ3v) is 4.40. The van der Waals surface area contributed by atoms with Crippen molar-refractivity contribution in [2.45, 2.75) is 12.8 Å². The van der Waals surface area contributed by atoms with E-state index >= 15 is 0 Å². The topological polar surface area (TPSA) is 32.3 Å². The smallest absolute Gasteiger partial charge is 0.244 e. The zero-order chi connectivity index (χ0) is 16.8. The Morgan fingerprint density at radius 2 is 2.04 bits per heavy atom. The molecule has 0 aromatic heterocycles. The number of benzene rings is 2. The van der Waals surface area contributed by atoms with Gasteiger partial charge in [-0.2, -0.15) is 0 Å². The minimum absolute atomic E-state index is 0.0487. The van der Waals surface area contributed by atoms with Crippen LogP contribution in [0.25, 0.3) is 6.08 Å². The first kappa shape index (κ1) is 16.6. The predicted molar refractivity (Wildman–Crippen MR) is 100 cm³/mol. The summed E-state index contributed by atoms with van der Waals surface area (Å²) in [6.45, 7) is 2.65. The van der Waals surface area contributed by atoms with E-state index in [4.69, 9.17) is 11.6 Å². The van der Waals surface area contributed by atoms with Crippen LogP contribution in [0.5, 0.6) is 0 Å². The molecule has 0 spiro atoms. The average Bonchev–Trinajstić information content (AvgIpc) is 3.00. The van der Waals surface area contributed by atoms with Crippen LogP contribution in [0.1, 0.15) is 17.5 Å². The van der Waals surface area contributed by atoms with Gasteiger partial charge in [-0.3, -0.25) is 4.79 Å².